The molecule has 0 radical (unpaired) electrons. The van der Waals surface area contributed by atoms with Crippen LogP contribution >= 0.6 is 0 Å². The molecule has 18 heavy (non-hydrogen) atoms. The van der Waals surface area contributed by atoms with Gasteiger partial charge in [-0.1, -0.05) is 6.92 Å². The average Bonchev–Trinajstić information content (AvgIpc) is 2.79. The smallest absolute Gasteiger partial charge is 0.227 e. The van der Waals surface area contributed by atoms with E-state index in [1.54, 1.807) is 0 Å². The molecule has 2 amide bonds. The van der Waals surface area contributed by atoms with Crippen molar-refractivity contribution in [3.8, 4) is 0 Å². The molecule has 1 aliphatic heterocycles. The fraction of sp³-hybridized carbons (Fsp3) is 0.833. The molecule has 1 saturated heterocycles. The SMILES string of the molecule is CCCNC1COCC1C(=O)NCCNC(C)=O. The summed E-state index contributed by atoms with van der Waals surface area (Å²) in [6.45, 7) is 6.40. The van der Waals surface area contributed by atoms with E-state index in [-0.39, 0.29) is 23.8 Å². The number of ether oxygens (including phenoxy) is 1. The number of carbonyl (C=O) groups excluding carboxylic acids is 2. The molecule has 0 bridgehead atoms. The summed E-state index contributed by atoms with van der Waals surface area (Å²) < 4.78 is 5.34. The molecule has 1 rings (SSSR count). The van der Waals surface area contributed by atoms with Gasteiger partial charge in [0.25, 0.3) is 0 Å². The van der Waals surface area contributed by atoms with Crippen LogP contribution in [0, 0.1) is 5.92 Å². The normalized spacial score (nSPS) is 22.8. The summed E-state index contributed by atoms with van der Waals surface area (Å²) in [5, 5.41) is 8.76. The Labute approximate surface area is 108 Å². The van der Waals surface area contributed by atoms with Crippen molar-refractivity contribution in [2.24, 2.45) is 5.92 Å². The van der Waals surface area contributed by atoms with Crippen LogP contribution in [0.4, 0.5) is 0 Å². The van der Waals surface area contributed by atoms with Gasteiger partial charge in [-0.3, -0.25) is 9.59 Å². The molecule has 2 atom stereocenters. The molecule has 0 aromatic carbocycles. The van der Waals surface area contributed by atoms with Crippen LogP contribution in [0.2, 0.25) is 0 Å². The summed E-state index contributed by atoms with van der Waals surface area (Å²) in [5.74, 6) is -0.226. The van der Waals surface area contributed by atoms with Crippen molar-refractivity contribution in [3.05, 3.63) is 0 Å². The molecule has 0 aromatic heterocycles. The van der Waals surface area contributed by atoms with Gasteiger partial charge in [0.2, 0.25) is 11.8 Å². The van der Waals surface area contributed by atoms with Gasteiger partial charge in [0, 0.05) is 26.1 Å². The molecule has 1 heterocycles. The van der Waals surface area contributed by atoms with Crippen molar-refractivity contribution in [1.29, 1.82) is 0 Å². The lowest BCUT2D eigenvalue weighted by Crippen LogP contribution is -2.45. The Morgan fingerprint density at radius 1 is 1.17 bits per heavy atom. The van der Waals surface area contributed by atoms with E-state index in [1.807, 2.05) is 0 Å². The van der Waals surface area contributed by atoms with Gasteiger partial charge >= 0.3 is 0 Å². The van der Waals surface area contributed by atoms with E-state index in [9.17, 15) is 9.59 Å². The maximum atomic E-state index is 11.9. The van der Waals surface area contributed by atoms with Crippen LogP contribution in [0.25, 0.3) is 0 Å². The van der Waals surface area contributed by atoms with Crippen molar-refractivity contribution in [3.63, 3.8) is 0 Å². The zero-order valence-corrected chi connectivity index (χ0v) is 11.1. The Morgan fingerprint density at radius 3 is 2.56 bits per heavy atom. The molecule has 1 fully saturated rings. The number of rotatable bonds is 7. The van der Waals surface area contributed by atoms with E-state index in [0.717, 1.165) is 13.0 Å². The van der Waals surface area contributed by atoms with Gasteiger partial charge in [0.1, 0.15) is 0 Å². The molecule has 3 N–H and O–H groups in total. The second kappa shape index (κ2) is 8.05. The number of carbonyl (C=O) groups is 2. The molecule has 0 aromatic rings. The first kappa shape index (κ1) is 14.9. The first-order chi connectivity index (χ1) is 8.65. The quantitative estimate of drug-likeness (QED) is 0.525. The van der Waals surface area contributed by atoms with Crippen molar-refractivity contribution >= 4 is 11.8 Å². The molecule has 6 nitrogen and oxygen atoms in total. The lowest BCUT2D eigenvalue weighted by molar-refractivity contribution is -0.125. The fourth-order valence-corrected chi connectivity index (χ4v) is 1.90. The largest absolute Gasteiger partial charge is 0.379 e. The van der Waals surface area contributed by atoms with Crippen LogP contribution in [0.15, 0.2) is 0 Å². The van der Waals surface area contributed by atoms with Crippen LogP contribution in [-0.2, 0) is 14.3 Å². The third kappa shape index (κ3) is 5.01. The predicted octanol–water partition coefficient (Wildman–Crippen LogP) is -0.747. The van der Waals surface area contributed by atoms with Gasteiger partial charge in [0.05, 0.1) is 19.1 Å². The minimum absolute atomic E-state index is 0.00791. The van der Waals surface area contributed by atoms with Gasteiger partial charge in [0.15, 0.2) is 0 Å². The lowest BCUT2D eigenvalue weighted by Gasteiger charge is -2.18. The summed E-state index contributed by atoms with van der Waals surface area (Å²) >= 11 is 0. The maximum absolute atomic E-state index is 11.9. The van der Waals surface area contributed by atoms with Gasteiger partial charge in [-0.05, 0) is 13.0 Å². The molecule has 2 unspecified atom stereocenters. The molecular weight excluding hydrogens is 234 g/mol. The van der Waals surface area contributed by atoms with Gasteiger partial charge in [-0.2, -0.15) is 0 Å². The number of hydrogen-bond acceptors (Lipinski definition) is 4. The highest BCUT2D eigenvalue weighted by Gasteiger charge is 2.33. The molecule has 104 valence electrons. The van der Waals surface area contributed by atoms with Crippen LogP contribution in [0.1, 0.15) is 20.3 Å². The topological polar surface area (TPSA) is 79.5 Å². The first-order valence-corrected chi connectivity index (χ1v) is 6.48. The Kier molecular flexibility index (Phi) is 6.67. The predicted molar refractivity (Wildman–Crippen MR) is 68.1 cm³/mol. The van der Waals surface area contributed by atoms with E-state index in [2.05, 4.69) is 22.9 Å². The molecule has 6 heteroatoms. The zero-order chi connectivity index (χ0) is 13.4. The Balaban J connectivity index is 2.24. The second-order valence-electron chi connectivity index (χ2n) is 4.48. The van der Waals surface area contributed by atoms with Crippen molar-refractivity contribution in [1.82, 2.24) is 16.0 Å². The Bertz CT molecular complexity index is 284. The molecule has 0 aliphatic carbocycles. The molecule has 0 saturated carbocycles. The average molecular weight is 257 g/mol. The van der Waals surface area contributed by atoms with Crippen molar-refractivity contribution in [2.75, 3.05) is 32.8 Å². The number of hydrogen-bond donors (Lipinski definition) is 3. The van der Waals surface area contributed by atoms with E-state index < -0.39 is 0 Å². The van der Waals surface area contributed by atoms with Crippen LogP contribution in [-0.4, -0.2) is 50.7 Å². The minimum atomic E-state index is -0.131. The summed E-state index contributed by atoms with van der Waals surface area (Å²) in [7, 11) is 0. The molecular formula is C12H23N3O3. The maximum Gasteiger partial charge on any atom is 0.227 e. The highest BCUT2D eigenvalue weighted by atomic mass is 16.5. The van der Waals surface area contributed by atoms with Crippen LogP contribution in [0.5, 0.6) is 0 Å². The lowest BCUT2D eigenvalue weighted by atomic mass is 10.0. The summed E-state index contributed by atoms with van der Waals surface area (Å²) in [4.78, 5) is 22.6. The second-order valence-corrected chi connectivity index (χ2v) is 4.48. The van der Waals surface area contributed by atoms with Crippen molar-refractivity contribution in [2.45, 2.75) is 26.3 Å². The van der Waals surface area contributed by atoms with Crippen molar-refractivity contribution < 1.29 is 14.3 Å². The summed E-state index contributed by atoms with van der Waals surface area (Å²) in [6, 6.07) is 0.103. The number of nitrogens with one attached hydrogen (secondary N) is 3. The highest BCUT2D eigenvalue weighted by molar-refractivity contribution is 5.80. The van der Waals surface area contributed by atoms with E-state index >= 15 is 0 Å². The third-order valence-electron chi connectivity index (χ3n) is 2.87. The van der Waals surface area contributed by atoms with E-state index in [4.69, 9.17) is 4.74 Å². The van der Waals surface area contributed by atoms with Crippen LogP contribution in [0.3, 0.4) is 0 Å². The highest BCUT2D eigenvalue weighted by Crippen LogP contribution is 2.13. The minimum Gasteiger partial charge on any atom is -0.379 e. The van der Waals surface area contributed by atoms with Gasteiger partial charge < -0.3 is 20.7 Å². The first-order valence-electron chi connectivity index (χ1n) is 6.48. The monoisotopic (exact) mass is 257 g/mol. The molecule has 0 spiro atoms. The summed E-state index contributed by atoms with van der Waals surface area (Å²) in [6.07, 6.45) is 1.04. The van der Waals surface area contributed by atoms with E-state index in [0.29, 0.717) is 26.3 Å². The Morgan fingerprint density at radius 2 is 1.89 bits per heavy atom. The van der Waals surface area contributed by atoms with Gasteiger partial charge in [-0.15, -0.1) is 0 Å². The van der Waals surface area contributed by atoms with E-state index in [1.165, 1.54) is 6.92 Å². The fourth-order valence-electron chi connectivity index (χ4n) is 1.90. The van der Waals surface area contributed by atoms with Gasteiger partial charge in [-0.25, -0.2) is 0 Å². The summed E-state index contributed by atoms with van der Waals surface area (Å²) in [5.41, 5.74) is 0. The Hall–Kier alpha value is -1.14. The van der Waals surface area contributed by atoms with Crippen LogP contribution < -0.4 is 16.0 Å². The third-order valence-corrected chi connectivity index (χ3v) is 2.87. The standard InChI is InChI=1S/C12H23N3O3/c1-3-4-14-11-8-18-7-10(11)12(17)15-6-5-13-9(2)16/h10-11,14H,3-8H2,1-2H3,(H,13,16)(H,15,17). The zero-order valence-electron chi connectivity index (χ0n) is 11.1. The number of amides is 2. The molecule has 1 aliphatic rings.